The van der Waals surface area contributed by atoms with Gasteiger partial charge in [0.1, 0.15) is 35.8 Å². The Bertz CT molecular complexity index is 1350. The maximum Gasteiger partial charge on any atom is 0.329 e. The van der Waals surface area contributed by atoms with E-state index in [-0.39, 0.29) is 25.5 Å². The van der Waals surface area contributed by atoms with Crippen molar-refractivity contribution in [3.63, 3.8) is 0 Å². The maximum absolute atomic E-state index is 12.6. The van der Waals surface area contributed by atoms with Gasteiger partial charge >= 0.3 is 5.97 Å². The molecular formula is C27H33N5O6S. The van der Waals surface area contributed by atoms with E-state index in [9.17, 15) is 9.59 Å². The average Bonchev–Trinajstić information content (AvgIpc) is 3.38. The van der Waals surface area contributed by atoms with Gasteiger partial charge in [0.15, 0.2) is 5.82 Å². The second kappa shape index (κ2) is 13.0. The highest BCUT2D eigenvalue weighted by atomic mass is 32.1. The monoisotopic (exact) mass is 555 g/mol. The number of nitrogens with one attached hydrogen (secondary N) is 1. The molecule has 3 heterocycles. The minimum atomic E-state index is -1.01. The number of aliphatic imine (C=N–C) groups is 1. The van der Waals surface area contributed by atoms with Gasteiger partial charge in [0, 0.05) is 22.5 Å². The molecule has 3 aromatic rings. The number of amides is 1. The van der Waals surface area contributed by atoms with Crippen LogP contribution in [0.4, 0.5) is 0 Å². The number of carboxylic acid groups (broad SMARTS) is 1. The number of ether oxygens (including phenoxy) is 3. The third kappa shape index (κ3) is 6.70. The lowest BCUT2D eigenvalue weighted by Gasteiger charge is -2.13. The Labute approximate surface area is 230 Å². The topological polar surface area (TPSA) is 137 Å². The van der Waals surface area contributed by atoms with Crippen LogP contribution in [0.2, 0.25) is 0 Å². The molecule has 0 bridgehead atoms. The zero-order chi connectivity index (χ0) is 27.9. The number of carboxylic acids is 1. The molecule has 12 heteroatoms. The molecule has 39 heavy (non-hydrogen) atoms. The van der Waals surface area contributed by atoms with Gasteiger partial charge in [0.05, 0.1) is 32.0 Å². The molecule has 0 saturated carbocycles. The first-order valence-corrected chi connectivity index (χ1v) is 13.6. The Hall–Kier alpha value is -3.61. The molecule has 1 aliphatic rings. The molecule has 0 saturated heterocycles. The van der Waals surface area contributed by atoms with Crippen molar-refractivity contribution in [2.75, 3.05) is 39.6 Å². The Morgan fingerprint density at radius 3 is 2.49 bits per heavy atom. The molecule has 1 aromatic carbocycles. The van der Waals surface area contributed by atoms with E-state index < -0.39 is 12.0 Å². The number of aliphatic carboxylic acids is 1. The third-order valence-corrected chi connectivity index (χ3v) is 7.41. The highest BCUT2D eigenvalue weighted by molar-refractivity contribution is 7.15. The molecule has 11 nitrogen and oxygen atoms in total. The summed E-state index contributed by atoms with van der Waals surface area (Å²) in [7, 11) is 0. The number of carbonyl (C=O) groups is 2. The largest absolute Gasteiger partial charge is 0.491 e. The lowest BCUT2D eigenvalue weighted by molar-refractivity contribution is -0.142. The van der Waals surface area contributed by atoms with Gasteiger partial charge in [-0.15, -0.1) is 21.5 Å². The second-order valence-electron chi connectivity index (χ2n) is 8.99. The SMILES string of the molecule is CCNC(=O)C[C@@H]1N=C(c2ccc(OCCOCCOCC(=O)O)cc2)c2c(sc(C)c2C)-n2c(C)nnc21. The molecule has 1 amide bonds. The Morgan fingerprint density at radius 2 is 1.77 bits per heavy atom. The van der Waals surface area contributed by atoms with E-state index in [1.807, 2.05) is 42.7 Å². The van der Waals surface area contributed by atoms with Gasteiger partial charge in [0.2, 0.25) is 5.91 Å². The summed E-state index contributed by atoms with van der Waals surface area (Å²) in [6.07, 6.45) is 0.172. The van der Waals surface area contributed by atoms with E-state index in [1.54, 1.807) is 11.3 Å². The number of hydrogen-bond donors (Lipinski definition) is 2. The van der Waals surface area contributed by atoms with E-state index in [0.717, 1.165) is 33.2 Å². The van der Waals surface area contributed by atoms with Crippen LogP contribution in [-0.2, 0) is 19.1 Å². The van der Waals surface area contributed by atoms with Crippen molar-refractivity contribution in [3.8, 4) is 10.8 Å². The fourth-order valence-corrected chi connectivity index (χ4v) is 5.49. The van der Waals surface area contributed by atoms with Gasteiger partial charge in [-0.25, -0.2) is 4.79 Å². The molecule has 0 unspecified atom stereocenters. The van der Waals surface area contributed by atoms with Gasteiger partial charge in [-0.3, -0.25) is 14.4 Å². The molecular weight excluding hydrogens is 522 g/mol. The number of aromatic nitrogens is 3. The number of nitrogens with zero attached hydrogens (tertiary/aromatic N) is 4. The van der Waals surface area contributed by atoms with Crippen LogP contribution in [0, 0.1) is 20.8 Å². The molecule has 1 atom stereocenters. The van der Waals surface area contributed by atoms with Crippen LogP contribution >= 0.6 is 11.3 Å². The molecule has 208 valence electrons. The summed E-state index contributed by atoms with van der Waals surface area (Å²) >= 11 is 1.67. The molecule has 4 rings (SSSR count). The third-order valence-electron chi connectivity index (χ3n) is 6.21. The summed E-state index contributed by atoms with van der Waals surface area (Å²) in [5, 5.41) is 21.2. The van der Waals surface area contributed by atoms with Gasteiger partial charge in [-0.05, 0) is 57.5 Å². The minimum absolute atomic E-state index is 0.0876. The number of aryl methyl sites for hydroxylation is 2. The standard InChI is InChI=1S/C27H33N5O6S/c1-5-28-22(33)14-21-26-31-30-18(4)32(26)27-24(16(2)17(3)39-27)25(29-21)19-6-8-20(9-7-19)38-13-12-36-10-11-37-15-23(34)35/h6-9,21H,5,10-15H2,1-4H3,(H,28,33)(H,34,35)/t21-/m0/s1. The van der Waals surface area contributed by atoms with Crippen LogP contribution in [0.25, 0.3) is 5.00 Å². The molecule has 0 aliphatic carbocycles. The Kier molecular flexibility index (Phi) is 9.44. The van der Waals surface area contributed by atoms with Crippen molar-refractivity contribution < 1.29 is 28.9 Å². The van der Waals surface area contributed by atoms with Crippen LogP contribution in [0.1, 0.15) is 52.6 Å². The van der Waals surface area contributed by atoms with Crippen molar-refractivity contribution in [3.05, 3.63) is 57.5 Å². The summed E-state index contributed by atoms with van der Waals surface area (Å²) in [5.41, 5.74) is 3.87. The van der Waals surface area contributed by atoms with Crippen molar-refractivity contribution in [2.24, 2.45) is 4.99 Å². The van der Waals surface area contributed by atoms with Crippen LogP contribution in [-0.4, -0.2) is 77.0 Å². The summed E-state index contributed by atoms with van der Waals surface area (Å²) in [4.78, 5) is 29.3. The van der Waals surface area contributed by atoms with Crippen molar-refractivity contribution >= 4 is 28.9 Å². The molecule has 2 aromatic heterocycles. The van der Waals surface area contributed by atoms with E-state index in [0.29, 0.717) is 37.9 Å². The lowest BCUT2D eigenvalue weighted by atomic mass is 9.99. The van der Waals surface area contributed by atoms with E-state index >= 15 is 0 Å². The highest BCUT2D eigenvalue weighted by Crippen LogP contribution is 2.39. The first kappa shape index (κ1) is 28.4. The van der Waals surface area contributed by atoms with Gasteiger partial charge < -0.3 is 24.6 Å². The fourth-order valence-electron chi connectivity index (χ4n) is 4.28. The first-order valence-electron chi connectivity index (χ1n) is 12.8. The van der Waals surface area contributed by atoms with Crippen LogP contribution in [0.15, 0.2) is 29.3 Å². The quantitative estimate of drug-likeness (QED) is 0.307. The van der Waals surface area contributed by atoms with Gasteiger partial charge in [0.25, 0.3) is 0 Å². The molecule has 0 fully saturated rings. The van der Waals surface area contributed by atoms with Crippen molar-refractivity contribution in [1.29, 1.82) is 0 Å². The summed E-state index contributed by atoms with van der Waals surface area (Å²) in [5.74, 6) is 1.00. The van der Waals surface area contributed by atoms with Gasteiger partial charge in [-0.2, -0.15) is 0 Å². The highest BCUT2D eigenvalue weighted by Gasteiger charge is 2.32. The first-order chi connectivity index (χ1) is 18.8. The summed E-state index contributed by atoms with van der Waals surface area (Å²) in [6, 6.07) is 7.22. The average molecular weight is 556 g/mol. The Morgan fingerprint density at radius 1 is 1.05 bits per heavy atom. The van der Waals surface area contributed by atoms with Crippen LogP contribution < -0.4 is 10.1 Å². The Balaban J connectivity index is 1.53. The number of thiophene rings is 1. The van der Waals surface area contributed by atoms with Crippen LogP contribution in [0.5, 0.6) is 5.75 Å². The second-order valence-corrected chi connectivity index (χ2v) is 10.2. The number of fused-ring (bicyclic) bond motifs is 3. The number of hydrogen-bond acceptors (Lipinski definition) is 9. The van der Waals surface area contributed by atoms with Crippen molar-refractivity contribution in [2.45, 2.75) is 40.2 Å². The molecule has 0 radical (unpaired) electrons. The van der Waals surface area contributed by atoms with E-state index in [4.69, 9.17) is 24.3 Å². The predicted octanol–water partition coefficient (Wildman–Crippen LogP) is 3.17. The van der Waals surface area contributed by atoms with E-state index in [2.05, 4.69) is 29.4 Å². The fraction of sp³-hybridized carbons (Fsp3) is 0.444. The smallest absolute Gasteiger partial charge is 0.329 e. The molecule has 1 aliphatic heterocycles. The summed E-state index contributed by atoms with van der Waals surface area (Å²) < 4.78 is 18.2. The minimum Gasteiger partial charge on any atom is -0.491 e. The molecule has 0 spiro atoms. The zero-order valence-electron chi connectivity index (χ0n) is 22.5. The number of benzene rings is 1. The van der Waals surface area contributed by atoms with Gasteiger partial charge in [-0.1, -0.05) is 0 Å². The lowest BCUT2D eigenvalue weighted by Crippen LogP contribution is -2.25. The number of rotatable bonds is 13. The summed E-state index contributed by atoms with van der Waals surface area (Å²) in [6.45, 7) is 9.39. The predicted molar refractivity (Wildman–Crippen MR) is 146 cm³/mol. The van der Waals surface area contributed by atoms with Crippen LogP contribution in [0.3, 0.4) is 0 Å². The molecule has 2 N–H and O–H groups in total. The van der Waals surface area contributed by atoms with E-state index in [1.165, 1.54) is 4.88 Å². The van der Waals surface area contributed by atoms with Crippen molar-refractivity contribution in [1.82, 2.24) is 20.1 Å². The number of carbonyl (C=O) groups excluding carboxylic acids is 1. The zero-order valence-corrected chi connectivity index (χ0v) is 23.3. The normalized spacial score (nSPS) is 14.3. The maximum atomic E-state index is 12.6.